The maximum absolute atomic E-state index is 13.1. The van der Waals surface area contributed by atoms with Gasteiger partial charge in [-0.15, -0.1) is 11.3 Å². The van der Waals surface area contributed by atoms with E-state index in [1.165, 1.54) is 36.5 Å². The molecular formula is C19H17FN2O4S3. The summed E-state index contributed by atoms with van der Waals surface area (Å²) in [6.07, 6.45) is 1.98. The van der Waals surface area contributed by atoms with E-state index in [-0.39, 0.29) is 20.7 Å². The number of aromatic nitrogens is 1. The predicted molar refractivity (Wildman–Crippen MR) is 108 cm³/mol. The fraction of sp³-hybridized carbons (Fsp3) is 0.211. The monoisotopic (exact) mass is 452 g/mol. The third-order valence-electron chi connectivity index (χ3n) is 4.67. The summed E-state index contributed by atoms with van der Waals surface area (Å²) in [6, 6.07) is 11.5. The van der Waals surface area contributed by atoms with Gasteiger partial charge in [0.15, 0.2) is 14.0 Å². The van der Waals surface area contributed by atoms with Gasteiger partial charge in [0.05, 0.1) is 16.8 Å². The standard InChI is InChI=1S/C19H17FN2O4S3/c20-14-9-7-13(8-10-14)19-21-12-18(27-19)29(25,26)22-16-5-3-11-28(23,24)17-6-2-1-4-15(16)17/h1-2,4,6-10,12,16,22H,3,5,11H2. The van der Waals surface area contributed by atoms with Gasteiger partial charge in [-0.05, 0) is 48.7 Å². The van der Waals surface area contributed by atoms with Crippen molar-refractivity contribution in [1.29, 1.82) is 0 Å². The third kappa shape index (κ3) is 4.11. The van der Waals surface area contributed by atoms with Gasteiger partial charge >= 0.3 is 0 Å². The van der Waals surface area contributed by atoms with E-state index < -0.39 is 25.9 Å². The topological polar surface area (TPSA) is 93.2 Å². The molecule has 1 atom stereocenters. The molecule has 0 aliphatic carbocycles. The molecule has 2 aromatic carbocycles. The zero-order valence-electron chi connectivity index (χ0n) is 15.1. The maximum Gasteiger partial charge on any atom is 0.252 e. The van der Waals surface area contributed by atoms with E-state index in [9.17, 15) is 21.2 Å². The third-order valence-corrected chi connectivity index (χ3v) is 9.52. The van der Waals surface area contributed by atoms with Crippen molar-refractivity contribution in [2.45, 2.75) is 28.0 Å². The van der Waals surface area contributed by atoms with E-state index in [0.717, 1.165) is 11.3 Å². The Kier molecular flexibility index (Phi) is 5.28. The number of thiazole rings is 1. The first-order valence-corrected chi connectivity index (χ1v) is 12.8. The van der Waals surface area contributed by atoms with Crippen LogP contribution >= 0.6 is 11.3 Å². The number of sulfonamides is 1. The smallest absolute Gasteiger partial charge is 0.243 e. The quantitative estimate of drug-likeness (QED) is 0.654. The van der Waals surface area contributed by atoms with Crippen molar-refractivity contribution < 1.29 is 21.2 Å². The van der Waals surface area contributed by atoms with Crippen molar-refractivity contribution in [2.75, 3.05) is 5.75 Å². The Bertz CT molecular complexity index is 1250. The molecule has 2 heterocycles. The molecule has 10 heteroatoms. The summed E-state index contributed by atoms with van der Waals surface area (Å²) in [4.78, 5) is 4.31. The molecule has 0 spiro atoms. The molecule has 1 aliphatic rings. The molecule has 0 saturated heterocycles. The zero-order valence-corrected chi connectivity index (χ0v) is 17.5. The van der Waals surface area contributed by atoms with Crippen molar-refractivity contribution >= 4 is 31.2 Å². The number of hydrogen-bond donors (Lipinski definition) is 1. The average Bonchev–Trinajstić information content (AvgIpc) is 3.15. The van der Waals surface area contributed by atoms with E-state index in [4.69, 9.17) is 0 Å². The van der Waals surface area contributed by atoms with Crippen LogP contribution in [0.5, 0.6) is 0 Å². The summed E-state index contributed by atoms with van der Waals surface area (Å²) < 4.78 is 66.5. The van der Waals surface area contributed by atoms with Crippen molar-refractivity contribution in [2.24, 2.45) is 0 Å². The molecule has 152 valence electrons. The van der Waals surface area contributed by atoms with E-state index in [0.29, 0.717) is 29.0 Å². The highest BCUT2D eigenvalue weighted by Crippen LogP contribution is 2.34. The molecule has 3 aromatic rings. The van der Waals surface area contributed by atoms with Crippen LogP contribution in [0.15, 0.2) is 63.8 Å². The van der Waals surface area contributed by atoms with E-state index in [1.807, 2.05) is 0 Å². The molecule has 0 bridgehead atoms. The van der Waals surface area contributed by atoms with Gasteiger partial charge in [0, 0.05) is 11.6 Å². The average molecular weight is 453 g/mol. The lowest BCUT2D eigenvalue weighted by Gasteiger charge is -2.18. The highest BCUT2D eigenvalue weighted by Gasteiger charge is 2.31. The molecule has 1 aromatic heterocycles. The van der Waals surface area contributed by atoms with Gasteiger partial charge in [-0.2, -0.15) is 0 Å². The van der Waals surface area contributed by atoms with Gasteiger partial charge in [0.25, 0.3) is 10.0 Å². The second kappa shape index (κ2) is 7.60. The van der Waals surface area contributed by atoms with Crippen LogP contribution in [0.1, 0.15) is 24.4 Å². The van der Waals surface area contributed by atoms with Gasteiger partial charge in [0.2, 0.25) is 0 Å². The van der Waals surface area contributed by atoms with Crippen LogP contribution in [0.3, 0.4) is 0 Å². The molecule has 0 radical (unpaired) electrons. The summed E-state index contributed by atoms with van der Waals surface area (Å²) in [6.45, 7) is 0. The first-order chi connectivity index (χ1) is 13.8. The highest BCUT2D eigenvalue weighted by atomic mass is 32.2. The van der Waals surface area contributed by atoms with Crippen molar-refractivity contribution in [1.82, 2.24) is 9.71 Å². The molecule has 0 amide bonds. The van der Waals surface area contributed by atoms with Crippen molar-refractivity contribution in [3.8, 4) is 10.6 Å². The summed E-state index contributed by atoms with van der Waals surface area (Å²) >= 11 is 0.971. The number of hydrogen-bond acceptors (Lipinski definition) is 6. The second-order valence-electron chi connectivity index (χ2n) is 6.66. The molecule has 0 fully saturated rings. The van der Waals surface area contributed by atoms with Crippen molar-refractivity contribution in [3.63, 3.8) is 0 Å². The molecular weight excluding hydrogens is 435 g/mol. The Morgan fingerprint density at radius 1 is 1.10 bits per heavy atom. The first-order valence-electron chi connectivity index (χ1n) is 8.82. The minimum atomic E-state index is -3.91. The first kappa shape index (κ1) is 20.1. The number of nitrogens with zero attached hydrogens (tertiary/aromatic N) is 1. The molecule has 1 unspecified atom stereocenters. The lowest BCUT2D eigenvalue weighted by Crippen LogP contribution is -2.28. The number of benzene rings is 2. The zero-order chi connectivity index (χ0) is 20.6. The molecule has 6 nitrogen and oxygen atoms in total. The SMILES string of the molecule is O=S1(=O)CCCC(NS(=O)(=O)c2cnc(-c3ccc(F)cc3)s2)c2ccccc21. The van der Waals surface area contributed by atoms with E-state index in [1.54, 1.807) is 18.2 Å². The van der Waals surface area contributed by atoms with Crippen molar-refractivity contribution in [3.05, 3.63) is 66.1 Å². The number of halogens is 1. The highest BCUT2D eigenvalue weighted by molar-refractivity contribution is 7.92. The Hall–Kier alpha value is -2.14. The van der Waals surface area contributed by atoms with Gasteiger partial charge < -0.3 is 0 Å². The summed E-state index contributed by atoms with van der Waals surface area (Å²) in [5, 5.41) is 0.453. The van der Waals surface area contributed by atoms with Crippen LogP contribution in [0.25, 0.3) is 10.6 Å². The second-order valence-corrected chi connectivity index (χ2v) is 11.7. The van der Waals surface area contributed by atoms with Gasteiger partial charge in [-0.3, -0.25) is 0 Å². The molecule has 29 heavy (non-hydrogen) atoms. The molecule has 0 saturated carbocycles. The normalized spacial score (nSPS) is 18.7. The molecule has 1 aliphatic heterocycles. The molecule has 4 rings (SSSR count). The minimum Gasteiger partial charge on any atom is -0.243 e. The Labute approximate surface area is 172 Å². The minimum absolute atomic E-state index is 0.0152. The lowest BCUT2D eigenvalue weighted by atomic mass is 10.0. The number of sulfone groups is 1. The van der Waals surface area contributed by atoms with Crippen LogP contribution in [0.2, 0.25) is 0 Å². The summed E-state index contributed by atoms with van der Waals surface area (Å²) in [5.41, 5.74) is 1.07. The van der Waals surface area contributed by atoms with E-state index in [2.05, 4.69) is 9.71 Å². The van der Waals surface area contributed by atoms with Gasteiger partial charge in [-0.25, -0.2) is 30.9 Å². The van der Waals surface area contributed by atoms with Crippen LogP contribution in [0, 0.1) is 5.82 Å². The summed E-state index contributed by atoms with van der Waals surface area (Å²) in [5.74, 6) is -0.404. The largest absolute Gasteiger partial charge is 0.252 e. The number of rotatable bonds is 4. The van der Waals surface area contributed by atoms with Crippen LogP contribution in [-0.2, 0) is 19.9 Å². The lowest BCUT2D eigenvalue weighted by molar-refractivity contribution is 0.537. The van der Waals surface area contributed by atoms with Crippen LogP contribution in [-0.4, -0.2) is 27.6 Å². The maximum atomic E-state index is 13.1. The number of fused-ring (bicyclic) bond motifs is 1. The Morgan fingerprint density at radius 3 is 2.59 bits per heavy atom. The van der Waals surface area contributed by atoms with Crippen LogP contribution < -0.4 is 4.72 Å². The summed E-state index contributed by atoms with van der Waals surface area (Å²) in [7, 11) is -7.36. The fourth-order valence-corrected chi connectivity index (χ4v) is 7.30. The Balaban J connectivity index is 1.65. The fourth-order valence-electron chi connectivity index (χ4n) is 3.27. The molecule has 1 N–H and O–H groups in total. The van der Waals surface area contributed by atoms with E-state index >= 15 is 0 Å². The van der Waals surface area contributed by atoms with Gasteiger partial charge in [0.1, 0.15) is 10.8 Å². The number of nitrogens with one attached hydrogen (secondary N) is 1. The predicted octanol–water partition coefficient (Wildman–Crippen LogP) is 3.54. The van der Waals surface area contributed by atoms with Crippen LogP contribution in [0.4, 0.5) is 4.39 Å². The Morgan fingerprint density at radius 2 is 1.83 bits per heavy atom. The van der Waals surface area contributed by atoms with Gasteiger partial charge in [-0.1, -0.05) is 18.2 Å².